The first-order valence-corrected chi connectivity index (χ1v) is 10.8. The van der Waals surface area contributed by atoms with E-state index in [1.807, 2.05) is 0 Å². The van der Waals surface area contributed by atoms with E-state index in [-0.39, 0.29) is 0 Å². The highest BCUT2D eigenvalue weighted by atomic mass is 32.3. The topological polar surface area (TPSA) is 9.23 Å². The van der Waals surface area contributed by atoms with Crippen LogP contribution < -0.4 is 0 Å². The van der Waals surface area contributed by atoms with Crippen molar-refractivity contribution in [2.45, 2.75) is 39.5 Å². The SMILES string of the molecule is C=C(c1ccccc1C(=CC)OCCCC)S1(C)CCCC1. The van der Waals surface area contributed by atoms with Crippen LogP contribution in [0.25, 0.3) is 10.7 Å². The molecule has 1 aromatic rings. The Morgan fingerprint density at radius 1 is 1.23 bits per heavy atom. The highest BCUT2D eigenvalue weighted by Gasteiger charge is 2.28. The van der Waals surface area contributed by atoms with E-state index in [0.29, 0.717) is 0 Å². The van der Waals surface area contributed by atoms with Crippen LogP contribution in [0.2, 0.25) is 0 Å². The predicted octanol–water partition coefficient (Wildman–Crippen LogP) is 6.06. The highest BCUT2D eigenvalue weighted by Crippen LogP contribution is 2.61. The molecule has 0 unspecified atom stereocenters. The van der Waals surface area contributed by atoms with Crippen LogP contribution in [0.1, 0.15) is 50.7 Å². The lowest BCUT2D eigenvalue weighted by Crippen LogP contribution is -2.05. The van der Waals surface area contributed by atoms with Gasteiger partial charge in [-0.2, -0.15) is 0 Å². The zero-order chi connectivity index (χ0) is 16.0. The first-order valence-electron chi connectivity index (χ1n) is 8.44. The summed E-state index contributed by atoms with van der Waals surface area (Å²) in [5.74, 6) is 3.68. The van der Waals surface area contributed by atoms with E-state index in [0.717, 1.165) is 25.2 Å². The molecule has 1 heterocycles. The van der Waals surface area contributed by atoms with E-state index in [9.17, 15) is 0 Å². The summed E-state index contributed by atoms with van der Waals surface area (Å²) in [6.45, 7) is 9.55. The Bertz CT molecular complexity index is 538. The summed E-state index contributed by atoms with van der Waals surface area (Å²) in [5.41, 5.74) is 2.51. The molecule has 0 N–H and O–H groups in total. The van der Waals surface area contributed by atoms with Gasteiger partial charge in [0.25, 0.3) is 0 Å². The molecule has 122 valence electrons. The van der Waals surface area contributed by atoms with Crippen LogP contribution >= 0.6 is 10.0 Å². The average Bonchev–Trinajstić information content (AvgIpc) is 2.99. The maximum absolute atomic E-state index is 6.03. The van der Waals surface area contributed by atoms with Crippen molar-refractivity contribution >= 4 is 20.7 Å². The molecule has 0 bridgehead atoms. The van der Waals surface area contributed by atoms with E-state index in [1.54, 1.807) is 0 Å². The van der Waals surface area contributed by atoms with Gasteiger partial charge < -0.3 is 4.74 Å². The molecular formula is C20H30OS. The molecule has 1 aliphatic rings. The summed E-state index contributed by atoms with van der Waals surface area (Å²) >= 11 is 0. The molecule has 0 amide bonds. The van der Waals surface area contributed by atoms with E-state index < -0.39 is 10.0 Å². The van der Waals surface area contributed by atoms with Crippen LogP contribution in [-0.2, 0) is 4.74 Å². The molecule has 2 rings (SSSR count). The average molecular weight is 319 g/mol. The molecule has 2 heteroatoms. The first kappa shape index (κ1) is 17.2. The normalized spacial score (nSPS) is 19.0. The minimum absolute atomic E-state index is 0.702. The van der Waals surface area contributed by atoms with Gasteiger partial charge in [0, 0.05) is 5.56 Å². The molecule has 0 spiro atoms. The van der Waals surface area contributed by atoms with Crippen molar-refractivity contribution < 1.29 is 4.74 Å². The van der Waals surface area contributed by atoms with Gasteiger partial charge in [0.15, 0.2) is 0 Å². The zero-order valence-electron chi connectivity index (χ0n) is 14.4. The highest BCUT2D eigenvalue weighted by molar-refractivity contribution is 8.40. The fraction of sp³-hybridized carbons (Fsp3) is 0.500. The van der Waals surface area contributed by atoms with Gasteiger partial charge in [-0.05, 0) is 60.5 Å². The maximum atomic E-state index is 6.03. The second kappa shape index (κ2) is 7.92. The molecule has 0 aromatic heterocycles. The molecule has 1 aromatic carbocycles. The number of unbranched alkanes of at least 4 members (excludes halogenated alkanes) is 1. The van der Waals surface area contributed by atoms with Crippen LogP contribution in [0.5, 0.6) is 0 Å². The van der Waals surface area contributed by atoms with Gasteiger partial charge in [-0.25, -0.2) is 10.0 Å². The summed E-state index contributed by atoms with van der Waals surface area (Å²) in [4.78, 5) is 1.36. The quantitative estimate of drug-likeness (QED) is 0.438. The van der Waals surface area contributed by atoms with Crippen molar-refractivity contribution in [2.24, 2.45) is 0 Å². The maximum Gasteiger partial charge on any atom is 0.122 e. The van der Waals surface area contributed by atoms with Gasteiger partial charge in [0.1, 0.15) is 5.76 Å². The van der Waals surface area contributed by atoms with Crippen molar-refractivity contribution in [3.05, 3.63) is 48.0 Å². The molecule has 0 aliphatic carbocycles. The number of rotatable bonds is 7. The predicted molar refractivity (Wildman–Crippen MR) is 102 cm³/mol. The van der Waals surface area contributed by atoms with Crippen LogP contribution in [0.15, 0.2) is 36.9 Å². The van der Waals surface area contributed by atoms with Crippen LogP contribution in [0.4, 0.5) is 0 Å². The Balaban J connectivity index is 2.27. The number of benzene rings is 1. The standard InChI is InChI=1S/C20H30OS/c1-5-7-14-21-20(6-2)19-13-9-8-12-18(19)17(3)22(4)15-10-11-16-22/h6,8-9,12-13H,3,5,7,10-11,14-16H2,1-2,4H3. The molecule has 0 radical (unpaired) electrons. The number of hydrogen-bond donors (Lipinski definition) is 0. The van der Waals surface area contributed by atoms with Crippen molar-refractivity contribution in [1.29, 1.82) is 0 Å². The Labute approximate surface area is 137 Å². The molecular weight excluding hydrogens is 288 g/mol. The van der Waals surface area contributed by atoms with Crippen molar-refractivity contribution in [3.8, 4) is 0 Å². The van der Waals surface area contributed by atoms with Gasteiger partial charge in [0.05, 0.1) is 6.61 Å². The molecule has 22 heavy (non-hydrogen) atoms. The smallest absolute Gasteiger partial charge is 0.122 e. The lowest BCUT2D eigenvalue weighted by atomic mass is 10.1. The van der Waals surface area contributed by atoms with Gasteiger partial charge in [-0.3, -0.25) is 0 Å². The van der Waals surface area contributed by atoms with Crippen LogP contribution in [-0.4, -0.2) is 24.4 Å². The second-order valence-corrected chi connectivity index (χ2v) is 10.1. The van der Waals surface area contributed by atoms with Crippen molar-refractivity contribution in [2.75, 3.05) is 24.4 Å². The Kier molecular flexibility index (Phi) is 6.19. The summed E-state index contributed by atoms with van der Waals surface area (Å²) in [7, 11) is -0.702. The van der Waals surface area contributed by atoms with Crippen molar-refractivity contribution in [3.63, 3.8) is 0 Å². The van der Waals surface area contributed by atoms with Gasteiger partial charge in [-0.1, -0.05) is 44.2 Å². The third kappa shape index (κ3) is 3.78. The summed E-state index contributed by atoms with van der Waals surface area (Å²) in [5, 5.41) is 0. The molecule has 1 nitrogen and oxygen atoms in total. The van der Waals surface area contributed by atoms with Gasteiger partial charge in [0.2, 0.25) is 0 Å². The monoisotopic (exact) mass is 318 g/mol. The largest absolute Gasteiger partial charge is 0.493 e. The summed E-state index contributed by atoms with van der Waals surface area (Å²) < 4.78 is 6.03. The van der Waals surface area contributed by atoms with Gasteiger partial charge >= 0.3 is 0 Å². The van der Waals surface area contributed by atoms with Crippen LogP contribution in [0, 0.1) is 0 Å². The lowest BCUT2D eigenvalue weighted by Gasteiger charge is -2.34. The number of allylic oxidation sites excluding steroid dienone is 1. The molecule has 1 fully saturated rings. The lowest BCUT2D eigenvalue weighted by molar-refractivity contribution is 0.270. The molecule has 1 saturated heterocycles. The van der Waals surface area contributed by atoms with E-state index in [4.69, 9.17) is 4.74 Å². The van der Waals surface area contributed by atoms with E-state index >= 15 is 0 Å². The Morgan fingerprint density at radius 2 is 1.86 bits per heavy atom. The first-order chi connectivity index (χ1) is 10.6. The Morgan fingerprint density at radius 3 is 2.45 bits per heavy atom. The number of ether oxygens (including phenoxy) is 1. The zero-order valence-corrected chi connectivity index (χ0v) is 15.2. The fourth-order valence-corrected chi connectivity index (χ4v) is 6.13. The number of hydrogen-bond acceptors (Lipinski definition) is 1. The third-order valence-electron chi connectivity index (χ3n) is 4.55. The van der Waals surface area contributed by atoms with Gasteiger partial charge in [-0.15, -0.1) is 0 Å². The summed E-state index contributed by atoms with van der Waals surface area (Å²) in [6, 6.07) is 8.63. The van der Waals surface area contributed by atoms with E-state index in [2.05, 4.69) is 57.0 Å². The summed E-state index contributed by atoms with van der Waals surface area (Å²) in [6.07, 6.45) is 9.52. The van der Waals surface area contributed by atoms with E-state index in [1.165, 1.54) is 40.4 Å². The molecule has 0 saturated carbocycles. The Hall–Kier alpha value is -1.15. The minimum Gasteiger partial charge on any atom is -0.493 e. The fourth-order valence-electron chi connectivity index (χ4n) is 3.04. The van der Waals surface area contributed by atoms with Crippen LogP contribution in [0.3, 0.4) is 0 Å². The van der Waals surface area contributed by atoms with Crippen molar-refractivity contribution in [1.82, 2.24) is 0 Å². The second-order valence-electron chi connectivity index (χ2n) is 6.21. The third-order valence-corrected chi connectivity index (χ3v) is 8.33. The molecule has 0 atom stereocenters. The minimum atomic E-state index is -0.702. The molecule has 1 aliphatic heterocycles.